The monoisotopic (exact) mass is 399 g/mol. The highest BCUT2D eigenvalue weighted by atomic mass is 16.7. The minimum absolute atomic E-state index is 0.219. The normalized spacial score (nSPS) is 22.3. The smallest absolute Gasteiger partial charge is 0.312 e. The number of anilines is 2. The van der Waals surface area contributed by atoms with Crippen molar-refractivity contribution in [2.24, 2.45) is 5.92 Å². The fourth-order valence-electron chi connectivity index (χ4n) is 4.47. The number of nitrogens with one attached hydrogen (secondary N) is 2. The molecule has 5 nitrogen and oxygen atoms in total. The molecule has 0 radical (unpaired) electrons. The van der Waals surface area contributed by atoms with Gasteiger partial charge in [-0.05, 0) is 67.6 Å². The molecule has 30 heavy (non-hydrogen) atoms. The molecule has 3 aromatic rings. The number of hydrogen-bond donors (Lipinski definition) is 2. The molecule has 5 heteroatoms. The van der Waals surface area contributed by atoms with Gasteiger partial charge in [-0.25, -0.2) is 5.48 Å². The minimum Gasteiger partial charge on any atom is -0.415 e. The fourth-order valence-corrected chi connectivity index (χ4v) is 4.47. The highest BCUT2D eigenvalue weighted by Crippen LogP contribution is 2.40. The van der Waals surface area contributed by atoms with Gasteiger partial charge in [0.25, 0.3) is 0 Å². The van der Waals surface area contributed by atoms with E-state index in [2.05, 4.69) is 46.6 Å². The van der Waals surface area contributed by atoms with E-state index < -0.39 is 0 Å². The molecule has 2 aromatic carbocycles. The third-order valence-electron chi connectivity index (χ3n) is 6.20. The molecule has 3 heterocycles. The fraction of sp³-hybridized carbons (Fsp3) is 0.280. The van der Waals surface area contributed by atoms with Crippen LogP contribution in [-0.4, -0.2) is 25.2 Å². The molecule has 2 fully saturated rings. The van der Waals surface area contributed by atoms with E-state index in [4.69, 9.17) is 9.25 Å². The van der Waals surface area contributed by atoms with Crippen LogP contribution in [0.5, 0.6) is 5.95 Å². The molecule has 0 saturated carbocycles. The molecular weight excluding hydrogens is 374 g/mol. The van der Waals surface area contributed by atoms with Crippen molar-refractivity contribution >= 4 is 11.4 Å². The van der Waals surface area contributed by atoms with Crippen LogP contribution in [0.3, 0.4) is 0 Å². The summed E-state index contributed by atoms with van der Waals surface area (Å²) in [5.41, 5.74) is 6.24. The zero-order chi connectivity index (χ0) is 20.4. The first-order valence-corrected chi connectivity index (χ1v) is 10.4. The summed E-state index contributed by atoms with van der Waals surface area (Å²) in [4.78, 5) is 8.11. The maximum Gasteiger partial charge on any atom is 0.312 e. The van der Waals surface area contributed by atoms with Crippen molar-refractivity contribution < 1.29 is 9.25 Å². The van der Waals surface area contributed by atoms with Crippen LogP contribution in [0.4, 0.5) is 11.4 Å². The van der Waals surface area contributed by atoms with Crippen molar-refractivity contribution in [1.29, 1.82) is 0 Å². The van der Waals surface area contributed by atoms with E-state index in [9.17, 15) is 0 Å². The van der Waals surface area contributed by atoms with Gasteiger partial charge in [0.2, 0.25) is 0 Å². The van der Waals surface area contributed by atoms with Gasteiger partial charge in [-0.1, -0.05) is 24.1 Å². The zero-order valence-electron chi connectivity index (χ0n) is 17.0. The zero-order valence-corrected chi connectivity index (χ0v) is 17.0. The maximum atomic E-state index is 5.62. The van der Waals surface area contributed by atoms with Gasteiger partial charge in [-0.3, -0.25) is 0 Å². The quantitative estimate of drug-likeness (QED) is 0.507. The maximum absolute atomic E-state index is 5.62. The molecule has 0 bridgehead atoms. The predicted molar refractivity (Wildman–Crippen MR) is 119 cm³/mol. The van der Waals surface area contributed by atoms with Gasteiger partial charge in [-0.2, -0.15) is 0 Å². The van der Waals surface area contributed by atoms with Crippen molar-refractivity contribution in [2.75, 3.05) is 30.0 Å². The number of nitrogens with zero attached hydrogens (tertiary/aromatic N) is 1. The second-order valence-corrected chi connectivity index (χ2v) is 8.11. The molecule has 2 atom stereocenters. The van der Waals surface area contributed by atoms with Crippen molar-refractivity contribution in [3.05, 3.63) is 78.1 Å². The number of rotatable bonds is 4. The molecule has 0 spiro atoms. The lowest BCUT2D eigenvalue weighted by Gasteiger charge is -2.36. The van der Waals surface area contributed by atoms with Gasteiger partial charge >= 0.3 is 5.95 Å². The summed E-state index contributed by atoms with van der Waals surface area (Å²) < 4.78 is 5.62. The van der Waals surface area contributed by atoms with Crippen molar-refractivity contribution in [3.63, 3.8) is 0 Å². The topological polar surface area (TPSA) is 49.7 Å². The first-order valence-electron chi connectivity index (χ1n) is 10.4. The molecule has 0 aliphatic carbocycles. The Kier molecular flexibility index (Phi) is 4.86. The van der Waals surface area contributed by atoms with Crippen LogP contribution in [0.25, 0.3) is 0 Å². The molecule has 2 aliphatic heterocycles. The van der Waals surface area contributed by atoms with Gasteiger partial charge < -0.3 is 19.5 Å². The molecule has 2 aliphatic rings. The number of fused-ring (bicyclic) bond motifs is 1. The van der Waals surface area contributed by atoms with E-state index >= 15 is 0 Å². The van der Waals surface area contributed by atoms with Crippen molar-refractivity contribution in [1.82, 2.24) is 5.32 Å². The predicted octanol–water partition coefficient (Wildman–Crippen LogP) is 4.27. The Balaban J connectivity index is 1.20. The Morgan fingerprint density at radius 2 is 1.90 bits per heavy atom. The highest BCUT2D eigenvalue weighted by molar-refractivity contribution is 5.57. The second kappa shape index (κ2) is 7.81. The van der Waals surface area contributed by atoms with E-state index in [1.165, 1.54) is 12.1 Å². The van der Waals surface area contributed by atoms with Crippen molar-refractivity contribution in [3.8, 4) is 17.8 Å². The molecule has 2 saturated heterocycles. The van der Waals surface area contributed by atoms with E-state index in [0.29, 0.717) is 11.7 Å². The molecule has 2 unspecified atom stereocenters. The summed E-state index contributed by atoms with van der Waals surface area (Å²) in [6.07, 6.45) is 1.25. The van der Waals surface area contributed by atoms with Gasteiger partial charge in [0.15, 0.2) is 5.76 Å². The lowest BCUT2D eigenvalue weighted by atomic mass is 9.90. The van der Waals surface area contributed by atoms with Crippen LogP contribution in [0.2, 0.25) is 0 Å². The van der Waals surface area contributed by atoms with E-state index in [1.54, 1.807) is 12.1 Å². The SMILES string of the molecule is CC12CNCC1CCN2c1ccc(NOc2ccc(C#Cc3ccccc3)o2)cc1. The highest BCUT2D eigenvalue weighted by Gasteiger charge is 2.47. The van der Waals surface area contributed by atoms with Crippen LogP contribution in [0.15, 0.2) is 71.1 Å². The van der Waals surface area contributed by atoms with Gasteiger partial charge in [0.05, 0.1) is 11.2 Å². The van der Waals surface area contributed by atoms with Gasteiger partial charge in [0, 0.05) is 37.0 Å². The van der Waals surface area contributed by atoms with E-state index in [-0.39, 0.29) is 5.54 Å². The summed E-state index contributed by atoms with van der Waals surface area (Å²) in [5, 5.41) is 3.54. The minimum atomic E-state index is 0.219. The van der Waals surface area contributed by atoms with Crippen molar-refractivity contribution in [2.45, 2.75) is 18.9 Å². The molecular formula is C25H25N3O2. The summed E-state index contributed by atoms with van der Waals surface area (Å²) in [7, 11) is 0. The van der Waals surface area contributed by atoms with Crippen LogP contribution in [0.1, 0.15) is 24.7 Å². The molecule has 2 N–H and O–H groups in total. The Morgan fingerprint density at radius 1 is 1.07 bits per heavy atom. The van der Waals surface area contributed by atoms with Gasteiger partial charge in [-0.15, -0.1) is 0 Å². The Hall–Kier alpha value is -3.36. The Bertz CT molecular complexity index is 1070. The molecule has 5 rings (SSSR count). The van der Waals surface area contributed by atoms with Crippen LogP contribution < -0.4 is 20.5 Å². The Labute approximate surface area is 177 Å². The summed E-state index contributed by atoms with van der Waals surface area (Å²) in [6.45, 7) is 5.66. The van der Waals surface area contributed by atoms with Crippen LogP contribution in [-0.2, 0) is 0 Å². The molecule has 0 amide bonds. The first kappa shape index (κ1) is 18.7. The van der Waals surface area contributed by atoms with E-state index in [0.717, 1.165) is 36.8 Å². The number of furan rings is 1. The standard InChI is InChI=1S/C25H25N3O2/c1-25-18-26-17-20(25)15-16-28(25)22-10-8-21(9-11-22)27-30-24-14-13-23(29-24)12-7-19-5-3-2-4-6-19/h2-6,8-11,13-14,20,26-27H,15-18H2,1H3. The summed E-state index contributed by atoms with van der Waals surface area (Å²) >= 11 is 0. The third-order valence-corrected chi connectivity index (χ3v) is 6.20. The largest absolute Gasteiger partial charge is 0.415 e. The average molecular weight is 399 g/mol. The molecule has 152 valence electrons. The number of hydrogen-bond acceptors (Lipinski definition) is 5. The molecule has 1 aromatic heterocycles. The summed E-state index contributed by atoms with van der Waals surface area (Å²) in [5.74, 6) is 7.75. The summed E-state index contributed by atoms with van der Waals surface area (Å²) in [6, 6.07) is 21.7. The van der Waals surface area contributed by atoms with Gasteiger partial charge in [0.1, 0.15) is 0 Å². The third kappa shape index (κ3) is 3.62. The average Bonchev–Trinajstić information content (AvgIpc) is 3.46. The van der Waals surface area contributed by atoms with Crippen LogP contribution in [0, 0.1) is 17.8 Å². The second-order valence-electron chi connectivity index (χ2n) is 8.11. The number of benzene rings is 2. The first-order chi connectivity index (χ1) is 14.7. The lowest BCUT2D eigenvalue weighted by molar-refractivity contribution is 0.297. The Morgan fingerprint density at radius 3 is 2.73 bits per heavy atom. The van der Waals surface area contributed by atoms with E-state index in [1.807, 2.05) is 42.5 Å². The van der Waals surface area contributed by atoms with Crippen LogP contribution >= 0.6 is 0 Å². The lowest BCUT2D eigenvalue weighted by Crippen LogP contribution is -2.46.